The zero-order chi connectivity index (χ0) is 27.6. The Bertz CT molecular complexity index is 1650. The molecule has 1 atom stereocenters. The summed E-state index contributed by atoms with van der Waals surface area (Å²) in [6.07, 6.45) is 6.01. The van der Waals surface area contributed by atoms with Crippen molar-refractivity contribution in [1.82, 2.24) is 30.1 Å². The van der Waals surface area contributed by atoms with Crippen molar-refractivity contribution in [2.24, 2.45) is 0 Å². The van der Waals surface area contributed by atoms with Crippen LogP contribution in [0.25, 0.3) is 10.9 Å². The molecule has 0 radical (unpaired) electrons. The van der Waals surface area contributed by atoms with Crippen molar-refractivity contribution < 1.29 is 9.15 Å². The van der Waals surface area contributed by atoms with Crippen LogP contribution >= 0.6 is 0 Å². The SMILES string of the molecule is COc1ccc(CN(Cc2ccco2)[C@H](c2cc3cc(C)cc(C)c3[nH]c2=O)c2nnnn2C2CCCC2)cc1. The molecule has 1 aliphatic carbocycles. The van der Waals surface area contributed by atoms with E-state index in [1.807, 2.05) is 54.1 Å². The molecule has 0 unspecified atom stereocenters. The topological polar surface area (TPSA) is 102 Å². The average Bonchev–Trinajstić information content (AvgIpc) is 3.73. The van der Waals surface area contributed by atoms with Crippen molar-refractivity contribution in [2.75, 3.05) is 7.11 Å². The third kappa shape index (κ3) is 5.16. The third-order valence-corrected chi connectivity index (χ3v) is 7.90. The standard InChI is InChI=1S/C31H34N6O3/c1-20-15-21(2)28-23(16-20)17-27(31(38)32-28)29(30-33-34-35-37(30)24-7-4-5-8-24)36(19-26-9-6-14-40-26)18-22-10-12-25(39-3)13-11-22/h6,9-17,24,29H,4-5,7-8,18-19H2,1-3H3,(H,32,38)/t29-/m1/s1. The summed E-state index contributed by atoms with van der Waals surface area (Å²) in [5.74, 6) is 2.25. The second-order valence-corrected chi connectivity index (χ2v) is 10.8. The lowest BCUT2D eigenvalue weighted by Crippen LogP contribution is -2.35. The first-order chi connectivity index (χ1) is 19.5. The molecule has 206 valence electrons. The number of H-pyrrole nitrogens is 1. The van der Waals surface area contributed by atoms with Crippen molar-refractivity contribution in [1.29, 1.82) is 0 Å². The molecular formula is C31H34N6O3. The molecule has 3 aromatic heterocycles. The van der Waals surface area contributed by atoms with E-state index in [-0.39, 0.29) is 11.6 Å². The third-order valence-electron chi connectivity index (χ3n) is 7.90. The van der Waals surface area contributed by atoms with E-state index in [1.165, 1.54) is 0 Å². The van der Waals surface area contributed by atoms with Crippen molar-refractivity contribution in [2.45, 2.75) is 64.7 Å². The van der Waals surface area contributed by atoms with Crippen LogP contribution in [-0.4, -0.2) is 37.2 Å². The van der Waals surface area contributed by atoms with Crippen LogP contribution in [0.3, 0.4) is 0 Å². The van der Waals surface area contributed by atoms with Gasteiger partial charge in [-0.1, -0.05) is 36.6 Å². The molecule has 9 heteroatoms. The number of furan rings is 1. The van der Waals surface area contributed by atoms with Crippen molar-refractivity contribution in [3.8, 4) is 5.75 Å². The van der Waals surface area contributed by atoms with Crippen LogP contribution in [0.15, 0.2) is 70.1 Å². The zero-order valence-corrected chi connectivity index (χ0v) is 23.1. The normalized spacial score (nSPS) is 14.8. The first-order valence-corrected chi connectivity index (χ1v) is 13.8. The summed E-state index contributed by atoms with van der Waals surface area (Å²) >= 11 is 0. The van der Waals surface area contributed by atoms with Gasteiger partial charge in [0.25, 0.3) is 5.56 Å². The smallest absolute Gasteiger partial charge is 0.253 e. The van der Waals surface area contributed by atoms with E-state index in [2.05, 4.69) is 44.5 Å². The maximum atomic E-state index is 13.9. The molecule has 0 saturated heterocycles. The fourth-order valence-electron chi connectivity index (χ4n) is 6.00. The van der Waals surface area contributed by atoms with E-state index >= 15 is 0 Å². The molecule has 6 rings (SSSR count). The first kappa shape index (κ1) is 26.0. The van der Waals surface area contributed by atoms with E-state index < -0.39 is 6.04 Å². The molecule has 3 heterocycles. The van der Waals surface area contributed by atoms with Gasteiger partial charge in [-0.3, -0.25) is 9.69 Å². The van der Waals surface area contributed by atoms with Gasteiger partial charge < -0.3 is 14.1 Å². The fourth-order valence-corrected chi connectivity index (χ4v) is 6.00. The van der Waals surface area contributed by atoms with E-state index in [0.717, 1.165) is 64.8 Å². The average molecular weight is 539 g/mol. The number of aromatic nitrogens is 5. The Morgan fingerprint density at radius 2 is 1.90 bits per heavy atom. The number of ether oxygens (including phenoxy) is 1. The van der Waals surface area contributed by atoms with Gasteiger partial charge in [0.05, 0.1) is 31.5 Å². The predicted octanol–water partition coefficient (Wildman–Crippen LogP) is 5.64. The highest BCUT2D eigenvalue weighted by Crippen LogP contribution is 2.35. The Kier molecular flexibility index (Phi) is 7.21. The highest BCUT2D eigenvalue weighted by molar-refractivity contribution is 5.83. The molecule has 40 heavy (non-hydrogen) atoms. The second kappa shape index (κ2) is 11.1. The summed E-state index contributed by atoms with van der Waals surface area (Å²) in [7, 11) is 1.66. The lowest BCUT2D eigenvalue weighted by Gasteiger charge is -2.31. The Balaban J connectivity index is 1.53. The number of fused-ring (bicyclic) bond motifs is 1. The Morgan fingerprint density at radius 3 is 2.62 bits per heavy atom. The number of pyridine rings is 1. The summed E-state index contributed by atoms with van der Waals surface area (Å²) in [4.78, 5) is 19.3. The summed E-state index contributed by atoms with van der Waals surface area (Å²) < 4.78 is 13.1. The van der Waals surface area contributed by atoms with Crippen molar-refractivity contribution in [3.63, 3.8) is 0 Å². The van der Waals surface area contributed by atoms with Gasteiger partial charge in [0.2, 0.25) is 0 Å². The van der Waals surface area contributed by atoms with Gasteiger partial charge >= 0.3 is 0 Å². The van der Waals surface area contributed by atoms with Crippen molar-refractivity contribution >= 4 is 10.9 Å². The minimum absolute atomic E-state index is 0.149. The lowest BCUT2D eigenvalue weighted by molar-refractivity contribution is 0.176. The number of nitrogens with zero attached hydrogens (tertiary/aromatic N) is 5. The molecule has 1 N–H and O–H groups in total. The van der Waals surface area contributed by atoms with E-state index in [0.29, 0.717) is 24.5 Å². The first-order valence-electron chi connectivity index (χ1n) is 13.8. The largest absolute Gasteiger partial charge is 0.497 e. The highest BCUT2D eigenvalue weighted by atomic mass is 16.5. The van der Waals surface area contributed by atoms with Crippen LogP contribution in [0.5, 0.6) is 5.75 Å². The van der Waals surface area contributed by atoms with Gasteiger partial charge in [0.15, 0.2) is 5.82 Å². The van der Waals surface area contributed by atoms with Gasteiger partial charge in [0.1, 0.15) is 17.6 Å². The maximum Gasteiger partial charge on any atom is 0.253 e. The molecule has 0 amide bonds. The maximum absolute atomic E-state index is 13.9. The summed E-state index contributed by atoms with van der Waals surface area (Å²) in [6, 6.07) is 17.7. The van der Waals surface area contributed by atoms with Crippen LogP contribution in [0.2, 0.25) is 0 Å². The number of hydrogen-bond donors (Lipinski definition) is 1. The minimum atomic E-state index is -0.517. The molecule has 2 aromatic carbocycles. The van der Waals surface area contributed by atoms with Gasteiger partial charge in [0, 0.05) is 12.1 Å². The van der Waals surface area contributed by atoms with Gasteiger partial charge in [-0.2, -0.15) is 0 Å². The molecule has 0 aliphatic heterocycles. The summed E-state index contributed by atoms with van der Waals surface area (Å²) in [5, 5.41) is 14.1. The monoisotopic (exact) mass is 538 g/mol. The fraction of sp³-hybridized carbons (Fsp3) is 0.355. The van der Waals surface area contributed by atoms with Crippen LogP contribution in [0.1, 0.15) is 71.6 Å². The quantitative estimate of drug-likeness (QED) is 0.259. The van der Waals surface area contributed by atoms with Crippen LogP contribution in [0, 0.1) is 13.8 Å². The number of methoxy groups -OCH3 is 1. The molecule has 1 aliphatic rings. The molecule has 1 fully saturated rings. The Labute approximate surface area is 232 Å². The number of rotatable bonds is 9. The molecule has 9 nitrogen and oxygen atoms in total. The van der Waals surface area contributed by atoms with Gasteiger partial charge in [-0.15, -0.1) is 5.10 Å². The number of nitrogens with one attached hydrogen (secondary N) is 1. The van der Waals surface area contributed by atoms with Crippen LogP contribution in [0.4, 0.5) is 0 Å². The molecule has 1 saturated carbocycles. The number of hydrogen-bond acceptors (Lipinski definition) is 7. The number of aryl methyl sites for hydroxylation is 2. The highest BCUT2D eigenvalue weighted by Gasteiger charge is 2.34. The van der Waals surface area contributed by atoms with Crippen molar-refractivity contribution in [3.05, 3.63) is 105 Å². The zero-order valence-electron chi connectivity index (χ0n) is 23.1. The second-order valence-electron chi connectivity index (χ2n) is 10.8. The van der Waals surface area contributed by atoms with Crippen LogP contribution in [-0.2, 0) is 13.1 Å². The molecule has 5 aromatic rings. The van der Waals surface area contributed by atoms with Gasteiger partial charge in [-0.25, -0.2) is 4.68 Å². The van der Waals surface area contributed by atoms with E-state index in [4.69, 9.17) is 9.15 Å². The predicted molar refractivity (Wildman–Crippen MR) is 152 cm³/mol. The molecule has 0 bridgehead atoms. The number of tetrazole rings is 1. The molecule has 0 spiro atoms. The summed E-state index contributed by atoms with van der Waals surface area (Å²) in [5.41, 5.74) is 4.55. The Morgan fingerprint density at radius 1 is 1.10 bits per heavy atom. The van der Waals surface area contributed by atoms with Gasteiger partial charge in [-0.05, 0) is 90.0 Å². The minimum Gasteiger partial charge on any atom is -0.497 e. The van der Waals surface area contributed by atoms with E-state index in [1.54, 1.807) is 13.4 Å². The van der Waals surface area contributed by atoms with Crippen LogP contribution < -0.4 is 10.3 Å². The Hall–Kier alpha value is -4.24. The molecular weight excluding hydrogens is 504 g/mol. The summed E-state index contributed by atoms with van der Waals surface area (Å²) in [6.45, 7) is 5.10. The number of benzene rings is 2. The number of aromatic amines is 1. The lowest BCUT2D eigenvalue weighted by atomic mass is 9.99. The van der Waals surface area contributed by atoms with E-state index in [9.17, 15) is 4.79 Å².